The molecule has 21 heavy (non-hydrogen) atoms. The van der Waals surface area contributed by atoms with Crippen molar-refractivity contribution in [1.29, 1.82) is 0 Å². The number of nitrogens with two attached hydrogens (primary N) is 1. The Morgan fingerprint density at radius 3 is 2.29 bits per heavy atom. The van der Waals surface area contributed by atoms with Crippen molar-refractivity contribution in [1.82, 2.24) is 9.88 Å². The molecule has 0 bridgehead atoms. The summed E-state index contributed by atoms with van der Waals surface area (Å²) in [7, 11) is 0. The Kier molecular flexibility index (Phi) is 3.32. The Hall–Kier alpha value is -2.44. The van der Waals surface area contributed by atoms with E-state index in [0.717, 1.165) is 4.90 Å². The van der Waals surface area contributed by atoms with E-state index in [0.29, 0.717) is 27.7 Å². The fourth-order valence-electron chi connectivity index (χ4n) is 2.21. The van der Waals surface area contributed by atoms with E-state index < -0.39 is 0 Å². The first-order valence-electron chi connectivity index (χ1n) is 6.19. The van der Waals surface area contributed by atoms with Crippen LogP contribution in [0.1, 0.15) is 26.4 Å². The van der Waals surface area contributed by atoms with Gasteiger partial charge in [-0.2, -0.15) is 0 Å². The second kappa shape index (κ2) is 5.16. The molecular formula is C14H11ClN4O2. The highest BCUT2D eigenvalue weighted by atomic mass is 35.5. The lowest BCUT2D eigenvalue weighted by Gasteiger charge is -2.14. The highest BCUT2D eigenvalue weighted by Crippen LogP contribution is 2.26. The molecular weight excluding hydrogens is 292 g/mol. The molecule has 6 nitrogen and oxygen atoms in total. The predicted octanol–water partition coefficient (Wildman–Crippen LogP) is 1.82. The van der Waals surface area contributed by atoms with Crippen molar-refractivity contribution >= 4 is 29.2 Å². The number of rotatable bonds is 3. The maximum absolute atomic E-state index is 12.3. The van der Waals surface area contributed by atoms with Crippen molar-refractivity contribution in [3.05, 3.63) is 58.2 Å². The van der Waals surface area contributed by atoms with Crippen molar-refractivity contribution < 1.29 is 9.59 Å². The van der Waals surface area contributed by atoms with E-state index in [1.165, 1.54) is 0 Å². The summed E-state index contributed by atoms with van der Waals surface area (Å²) < 4.78 is 0. The van der Waals surface area contributed by atoms with Crippen molar-refractivity contribution in [2.75, 3.05) is 5.43 Å². The number of carbonyl (C=O) groups is 2. The molecule has 106 valence electrons. The van der Waals surface area contributed by atoms with Gasteiger partial charge in [-0.3, -0.25) is 14.5 Å². The summed E-state index contributed by atoms with van der Waals surface area (Å²) >= 11 is 6.06. The Labute approximate surface area is 125 Å². The maximum atomic E-state index is 12.3. The van der Waals surface area contributed by atoms with Crippen LogP contribution in [0.5, 0.6) is 0 Å². The van der Waals surface area contributed by atoms with E-state index in [1.807, 2.05) is 0 Å². The molecule has 0 spiro atoms. The molecule has 0 atom stereocenters. The SMILES string of the molecule is NNc1ccc(Cl)c(CN2C(=O)c3ccccc3C2=O)n1. The zero-order chi connectivity index (χ0) is 15.0. The predicted molar refractivity (Wildman–Crippen MR) is 77.7 cm³/mol. The Bertz CT molecular complexity index is 713. The van der Waals surface area contributed by atoms with Crippen molar-refractivity contribution in [3.8, 4) is 0 Å². The smallest absolute Gasteiger partial charge is 0.261 e. The highest BCUT2D eigenvalue weighted by Gasteiger charge is 2.35. The Morgan fingerprint density at radius 2 is 1.71 bits per heavy atom. The molecule has 2 aromatic rings. The van der Waals surface area contributed by atoms with Crippen LogP contribution >= 0.6 is 11.6 Å². The lowest BCUT2D eigenvalue weighted by atomic mass is 10.1. The molecule has 1 aromatic carbocycles. The van der Waals surface area contributed by atoms with Gasteiger partial charge in [-0.05, 0) is 24.3 Å². The number of benzene rings is 1. The summed E-state index contributed by atoms with van der Waals surface area (Å²) in [5.74, 6) is 5.01. The molecule has 0 radical (unpaired) electrons. The standard InChI is InChI=1S/C14H11ClN4O2/c15-10-5-6-12(18-16)17-11(10)7-19-13(20)8-3-1-2-4-9(8)14(19)21/h1-6H,7,16H2,(H,17,18). The number of pyridine rings is 1. The first-order chi connectivity index (χ1) is 10.1. The number of hydrogen-bond acceptors (Lipinski definition) is 5. The fraction of sp³-hybridized carbons (Fsp3) is 0.0714. The lowest BCUT2D eigenvalue weighted by molar-refractivity contribution is 0.0640. The lowest BCUT2D eigenvalue weighted by Crippen LogP contribution is -2.29. The molecule has 0 unspecified atom stereocenters. The third-order valence-electron chi connectivity index (χ3n) is 3.25. The molecule has 7 heteroatoms. The van der Waals surface area contributed by atoms with Gasteiger partial charge >= 0.3 is 0 Å². The molecule has 0 aliphatic carbocycles. The van der Waals surface area contributed by atoms with Crippen LogP contribution in [-0.2, 0) is 6.54 Å². The maximum Gasteiger partial charge on any atom is 0.261 e. The van der Waals surface area contributed by atoms with Crippen LogP contribution in [0, 0.1) is 0 Å². The summed E-state index contributed by atoms with van der Waals surface area (Å²) in [5, 5.41) is 0.366. The second-order valence-corrected chi connectivity index (χ2v) is 4.92. The number of hydrogen-bond donors (Lipinski definition) is 2. The minimum atomic E-state index is -0.348. The number of anilines is 1. The Balaban J connectivity index is 1.94. The van der Waals surface area contributed by atoms with Crippen molar-refractivity contribution in [2.24, 2.45) is 5.84 Å². The zero-order valence-electron chi connectivity index (χ0n) is 10.8. The number of carbonyl (C=O) groups excluding carboxylic acids is 2. The quantitative estimate of drug-likeness (QED) is 0.513. The Morgan fingerprint density at radius 1 is 1.10 bits per heavy atom. The van der Waals surface area contributed by atoms with Crippen LogP contribution < -0.4 is 11.3 Å². The van der Waals surface area contributed by atoms with Gasteiger partial charge in [0.15, 0.2) is 0 Å². The van der Waals surface area contributed by atoms with Gasteiger partial charge in [-0.25, -0.2) is 10.8 Å². The second-order valence-electron chi connectivity index (χ2n) is 4.51. The van der Waals surface area contributed by atoms with Crippen LogP contribution in [0.25, 0.3) is 0 Å². The summed E-state index contributed by atoms with van der Waals surface area (Å²) in [5.41, 5.74) is 3.60. The van der Waals surface area contributed by atoms with E-state index in [1.54, 1.807) is 36.4 Å². The molecule has 1 aliphatic heterocycles. The van der Waals surface area contributed by atoms with Crippen LogP contribution in [0.15, 0.2) is 36.4 Å². The van der Waals surface area contributed by atoms with Gasteiger partial charge in [0.2, 0.25) is 0 Å². The van der Waals surface area contributed by atoms with Gasteiger partial charge in [0.1, 0.15) is 5.82 Å². The highest BCUT2D eigenvalue weighted by molar-refractivity contribution is 6.31. The minimum Gasteiger partial charge on any atom is -0.308 e. The molecule has 1 aliphatic rings. The third kappa shape index (κ3) is 2.24. The molecule has 0 saturated heterocycles. The largest absolute Gasteiger partial charge is 0.308 e. The van der Waals surface area contributed by atoms with Gasteiger partial charge < -0.3 is 5.43 Å². The minimum absolute atomic E-state index is 0.000694. The summed E-state index contributed by atoms with van der Waals surface area (Å²) in [6, 6.07) is 9.91. The number of amides is 2. The number of nitrogens with one attached hydrogen (secondary N) is 1. The average molecular weight is 303 g/mol. The van der Waals surface area contributed by atoms with Crippen molar-refractivity contribution in [2.45, 2.75) is 6.54 Å². The molecule has 0 saturated carbocycles. The van der Waals surface area contributed by atoms with E-state index in [9.17, 15) is 9.59 Å². The van der Waals surface area contributed by atoms with Gasteiger partial charge in [0, 0.05) is 0 Å². The number of aromatic nitrogens is 1. The monoisotopic (exact) mass is 302 g/mol. The number of nitrogens with zero attached hydrogens (tertiary/aromatic N) is 2. The first kappa shape index (κ1) is 13.5. The zero-order valence-corrected chi connectivity index (χ0v) is 11.6. The van der Waals surface area contributed by atoms with Gasteiger partial charge in [-0.15, -0.1) is 0 Å². The van der Waals surface area contributed by atoms with E-state index in [2.05, 4.69) is 10.4 Å². The summed E-state index contributed by atoms with van der Waals surface area (Å²) in [4.78, 5) is 29.8. The number of imide groups is 1. The number of nitrogen functional groups attached to an aromatic ring is 1. The normalized spacial score (nSPS) is 13.5. The van der Waals surface area contributed by atoms with Crippen LogP contribution in [-0.4, -0.2) is 21.7 Å². The van der Waals surface area contributed by atoms with Gasteiger partial charge in [0.25, 0.3) is 11.8 Å². The molecule has 1 aromatic heterocycles. The number of fused-ring (bicyclic) bond motifs is 1. The number of halogens is 1. The van der Waals surface area contributed by atoms with E-state index in [-0.39, 0.29) is 18.4 Å². The van der Waals surface area contributed by atoms with Crippen LogP contribution in [0.3, 0.4) is 0 Å². The van der Waals surface area contributed by atoms with Gasteiger partial charge in [0.05, 0.1) is 28.4 Å². The van der Waals surface area contributed by atoms with Gasteiger partial charge in [-0.1, -0.05) is 23.7 Å². The molecule has 2 amide bonds. The fourth-order valence-corrected chi connectivity index (χ4v) is 2.37. The summed E-state index contributed by atoms with van der Waals surface area (Å²) in [6.45, 7) is 0.000694. The topological polar surface area (TPSA) is 88.3 Å². The van der Waals surface area contributed by atoms with E-state index >= 15 is 0 Å². The van der Waals surface area contributed by atoms with Crippen LogP contribution in [0.4, 0.5) is 5.82 Å². The summed E-state index contributed by atoms with van der Waals surface area (Å²) in [6.07, 6.45) is 0. The van der Waals surface area contributed by atoms with E-state index in [4.69, 9.17) is 17.4 Å². The molecule has 0 fully saturated rings. The van der Waals surface area contributed by atoms with Crippen molar-refractivity contribution in [3.63, 3.8) is 0 Å². The first-order valence-corrected chi connectivity index (χ1v) is 6.57. The number of hydrazine groups is 1. The third-order valence-corrected chi connectivity index (χ3v) is 3.60. The van der Waals surface area contributed by atoms with Crippen LogP contribution in [0.2, 0.25) is 5.02 Å². The average Bonchev–Trinajstić information content (AvgIpc) is 2.75. The molecule has 3 N–H and O–H groups in total. The molecule has 3 rings (SSSR count). The molecule has 2 heterocycles.